The van der Waals surface area contributed by atoms with Crippen LogP contribution in [0.2, 0.25) is 0 Å². The Morgan fingerprint density at radius 2 is 1.19 bits per heavy atom. The highest BCUT2D eigenvalue weighted by Crippen LogP contribution is 2.50. The molecule has 0 heterocycles. The Balaban J connectivity index is 1.91. The maximum absolute atomic E-state index is 6.22. The molecule has 0 spiro atoms. The van der Waals surface area contributed by atoms with Gasteiger partial charge < -0.3 is 13.6 Å². The van der Waals surface area contributed by atoms with Crippen LogP contribution >= 0.6 is 6.72 Å². The van der Waals surface area contributed by atoms with Crippen LogP contribution in [-0.2, 0) is 18.2 Å². The van der Waals surface area contributed by atoms with Gasteiger partial charge in [-0.25, -0.2) is 0 Å². The normalized spacial score (nSPS) is 11.2. The minimum atomic E-state index is -3.12. The molecule has 0 unspecified atom stereocenters. The summed E-state index contributed by atoms with van der Waals surface area (Å²) < 4.78 is 18.3. The van der Waals surface area contributed by atoms with E-state index in [1.807, 2.05) is 78.9 Å². The monoisotopic (exact) mass is 398 g/mol. The molecule has 0 bridgehead atoms. The van der Waals surface area contributed by atoms with Crippen molar-refractivity contribution in [3.05, 3.63) is 90.5 Å². The van der Waals surface area contributed by atoms with E-state index in [-0.39, 0.29) is 0 Å². The number of hydrogen-bond acceptors (Lipinski definition) is 4. The number of hydrogen-bond donors (Lipinski definition) is 0. The Hall–Kier alpha value is -2.29. The lowest BCUT2D eigenvalue weighted by Crippen LogP contribution is -2.09. The van der Waals surface area contributed by atoms with Crippen LogP contribution in [-0.4, -0.2) is 0 Å². The van der Waals surface area contributed by atoms with Crippen LogP contribution in [0.3, 0.4) is 0 Å². The summed E-state index contributed by atoms with van der Waals surface area (Å²) >= 11 is 5.77. The van der Waals surface area contributed by atoms with Crippen molar-refractivity contribution in [2.75, 3.05) is 0 Å². The second-order valence-electron chi connectivity index (χ2n) is 6.55. The van der Waals surface area contributed by atoms with Crippen LogP contribution in [0.1, 0.15) is 19.4 Å². The molecule has 3 nitrogen and oxygen atoms in total. The molecule has 0 amide bonds. The quantitative estimate of drug-likeness (QED) is 0.397. The summed E-state index contributed by atoms with van der Waals surface area (Å²) in [6.45, 7) is 1.23. The molecule has 0 aromatic heterocycles. The van der Waals surface area contributed by atoms with Gasteiger partial charge in [0, 0.05) is 11.8 Å². The van der Waals surface area contributed by atoms with Crippen molar-refractivity contribution in [3.8, 4) is 17.2 Å². The largest absolute Gasteiger partial charge is 0.490 e. The van der Waals surface area contributed by atoms with Gasteiger partial charge in [0.1, 0.15) is 17.2 Å². The van der Waals surface area contributed by atoms with Gasteiger partial charge in [0.15, 0.2) is 0 Å². The van der Waals surface area contributed by atoms with E-state index in [9.17, 15) is 0 Å². The van der Waals surface area contributed by atoms with Crippen molar-refractivity contribution >= 4 is 18.5 Å². The smallest absolute Gasteiger partial charge is 0.407 e. The lowest BCUT2D eigenvalue weighted by molar-refractivity contribution is 0.381. The van der Waals surface area contributed by atoms with Crippen molar-refractivity contribution in [3.63, 3.8) is 0 Å². The van der Waals surface area contributed by atoms with E-state index in [0.29, 0.717) is 23.2 Å². The summed E-state index contributed by atoms with van der Waals surface area (Å²) in [4.78, 5) is 0. The molecule has 0 saturated heterocycles. The van der Waals surface area contributed by atoms with Crippen molar-refractivity contribution in [2.24, 2.45) is 5.92 Å². The average Bonchev–Trinajstić information content (AvgIpc) is 2.64. The Kier molecular flexibility index (Phi) is 6.54. The van der Waals surface area contributed by atoms with E-state index < -0.39 is 6.72 Å². The Labute approximate surface area is 166 Å². The summed E-state index contributed by atoms with van der Waals surface area (Å²) in [5, 5.41) is 0. The van der Waals surface area contributed by atoms with Gasteiger partial charge in [-0.3, -0.25) is 0 Å². The second kappa shape index (κ2) is 9.07. The second-order valence-corrected chi connectivity index (χ2v) is 9.34. The Bertz CT molecular complexity index is 852. The van der Waals surface area contributed by atoms with Crippen LogP contribution in [0.4, 0.5) is 0 Å². The topological polar surface area (TPSA) is 27.7 Å². The van der Waals surface area contributed by atoms with Crippen LogP contribution < -0.4 is 13.6 Å². The minimum Gasteiger partial charge on any atom is -0.407 e. The first kappa shape index (κ1) is 19.5. The fourth-order valence-corrected chi connectivity index (χ4v) is 4.65. The molecule has 27 heavy (non-hydrogen) atoms. The third-order valence-electron chi connectivity index (χ3n) is 3.73. The molecule has 0 aliphatic carbocycles. The zero-order valence-corrected chi connectivity index (χ0v) is 17.2. The first-order valence-electron chi connectivity index (χ1n) is 8.91. The van der Waals surface area contributed by atoms with Crippen molar-refractivity contribution in [1.82, 2.24) is 0 Å². The number of benzene rings is 3. The molecule has 0 aliphatic rings. The van der Waals surface area contributed by atoms with Gasteiger partial charge in [0.05, 0.1) is 0 Å². The minimum absolute atomic E-state index is 0.498. The zero-order valence-electron chi connectivity index (χ0n) is 15.4. The molecule has 140 valence electrons. The number of rotatable bonds is 8. The fourth-order valence-electron chi connectivity index (χ4n) is 2.60. The molecular formula is C22H23O3PS. The van der Waals surface area contributed by atoms with Gasteiger partial charge in [-0.15, -0.1) is 0 Å². The highest BCUT2D eigenvalue weighted by molar-refractivity contribution is 8.08. The van der Waals surface area contributed by atoms with Crippen molar-refractivity contribution in [2.45, 2.75) is 20.3 Å². The first-order valence-corrected chi connectivity index (χ1v) is 11.5. The van der Waals surface area contributed by atoms with E-state index in [2.05, 4.69) is 19.9 Å². The fraction of sp³-hybridized carbons (Fsp3) is 0.182. The van der Waals surface area contributed by atoms with Gasteiger partial charge in [0.25, 0.3) is 0 Å². The van der Waals surface area contributed by atoms with E-state index in [1.165, 1.54) is 0 Å². The molecule has 0 radical (unpaired) electrons. The van der Waals surface area contributed by atoms with Crippen LogP contribution in [0.5, 0.6) is 17.2 Å². The first-order chi connectivity index (χ1) is 13.0. The Morgan fingerprint density at radius 1 is 0.704 bits per heavy atom. The molecule has 0 saturated carbocycles. The summed E-state index contributed by atoms with van der Waals surface area (Å²) in [6.07, 6.45) is 0.891. The maximum Gasteiger partial charge on any atom is 0.490 e. The Morgan fingerprint density at radius 3 is 1.70 bits per heavy atom. The lowest BCUT2D eigenvalue weighted by atomic mass is 10.0. The number of para-hydroxylation sites is 3. The predicted molar refractivity (Wildman–Crippen MR) is 114 cm³/mol. The van der Waals surface area contributed by atoms with E-state index in [1.54, 1.807) is 0 Å². The summed E-state index contributed by atoms with van der Waals surface area (Å²) in [5.41, 5.74) is 1.09. The van der Waals surface area contributed by atoms with Crippen molar-refractivity contribution in [1.29, 1.82) is 0 Å². The molecule has 5 heteroatoms. The average molecular weight is 398 g/mol. The predicted octanol–water partition coefficient (Wildman–Crippen LogP) is 6.65. The highest BCUT2D eigenvalue weighted by atomic mass is 32.5. The van der Waals surface area contributed by atoms with Gasteiger partial charge in [-0.05, 0) is 48.2 Å². The molecular weight excluding hydrogens is 375 g/mol. The maximum atomic E-state index is 6.22. The van der Waals surface area contributed by atoms with Gasteiger partial charge in [-0.2, -0.15) is 0 Å². The third-order valence-corrected chi connectivity index (χ3v) is 5.69. The summed E-state index contributed by atoms with van der Waals surface area (Å²) in [5.74, 6) is 2.45. The van der Waals surface area contributed by atoms with Crippen LogP contribution in [0.15, 0.2) is 84.9 Å². The molecule has 0 N–H and O–H groups in total. The van der Waals surface area contributed by atoms with E-state index >= 15 is 0 Å². The van der Waals surface area contributed by atoms with Crippen LogP contribution in [0.25, 0.3) is 0 Å². The summed E-state index contributed by atoms with van der Waals surface area (Å²) in [6, 6.07) is 26.7. The molecule has 3 aromatic rings. The zero-order chi connectivity index (χ0) is 19.1. The third kappa shape index (κ3) is 5.85. The standard InChI is InChI=1S/C22H23O3PS/c1-18(2)17-19-11-9-10-16-22(19)25-26(27,23-20-12-5-3-6-13-20)24-21-14-7-4-8-15-21/h3-16,18H,17H2,1-2H3. The van der Waals surface area contributed by atoms with Gasteiger partial charge >= 0.3 is 6.72 Å². The van der Waals surface area contributed by atoms with Gasteiger partial charge in [-0.1, -0.05) is 68.4 Å². The van der Waals surface area contributed by atoms with E-state index in [0.717, 1.165) is 12.0 Å². The molecule has 0 aliphatic heterocycles. The highest BCUT2D eigenvalue weighted by Gasteiger charge is 2.27. The lowest BCUT2D eigenvalue weighted by Gasteiger charge is -2.24. The van der Waals surface area contributed by atoms with Gasteiger partial charge in [0.2, 0.25) is 0 Å². The van der Waals surface area contributed by atoms with Crippen molar-refractivity contribution < 1.29 is 13.6 Å². The molecule has 0 fully saturated rings. The molecule has 3 aromatic carbocycles. The SMILES string of the molecule is CC(C)Cc1ccccc1OP(=S)(Oc1ccccc1)Oc1ccccc1. The molecule has 3 rings (SSSR count). The molecule has 0 atom stereocenters. The summed E-state index contributed by atoms with van der Waals surface area (Å²) in [7, 11) is 0. The van der Waals surface area contributed by atoms with E-state index in [4.69, 9.17) is 25.4 Å². The van der Waals surface area contributed by atoms with Crippen LogP contribution in [0, 0.1) is 5.92 Å².